The number of nitrogens with zero attached hydrogens (tertiary/aromatic N) is 2. The first-order valence-corrected chi connectivity index (χ1v) is 7.62. The first kappa shape index (κ1) is 15.9. The summed E-state index contributed by atoms with van der Waals surface area (Å²) in [6, 6.07) is 0. The molecule has 0 unspecified atom stereocenters. The summed E-state index contributed by atoms with van der Waals surface area (Å²) in [5.41, 5.74) is -1.03. The molecule has 106 valence electrons. The third kappa shape index (κ3) is 4.19. The van der Waals surface area contributed by atoms with Crippen LogP contribution in [0.5, 0.6) is 0 Å². The van der Waals surface area contributed by atoms with Crippen molar-refractivity contribution in [2.75, 3.05) is 12.3 Å². The summed E-state index contributed by atoms with van der Waals surface area (Å²) < 4.78 is 61.4. The molecule has 4 nitrogen and oxygen atoms in total. The summed E-state index contributed by atoms with van der Waals surface area (Å²) in [4.78, 5) is 3.37. The van der Waals surface area contributed by atoms with E-state index in [1.165, 1.54) is 6.92 Å². The molecule has 1 heterocycles. The number of hydrogen-bond donors (Lipinski definition) is 0. The predicted molar refractivity (Wildman–Crippen MR) is 65.8 cm³/mol. The lowest BCUT2D eigenvalue weighted by Gasteiger charge is -2.17. The van der Waals surface area contributed by atoms with Gasteiger partial charge in [-0.25, -0.2) is 13.4 Å². The van der Waals surface area contributed by atoms with Crippen molar-refractivity contribution in [2.24, 2.45) is 0 Å². The Hall–Kier alpha value is -1.11. The second kappa shape index (κ2) is 5.90. The molecule has 19 heavy (non-hydrogen) atoms. The standard InChI is InChI=1S/C10H11F3N2O2S2/c1-3-5-15(19(16,17)4-2)6-9-14-8(7-18-9)10(11,12)13/h1,7H,4-6H2,2H3. The highest BCUT2D eigenvalue weighted by atomic mass is 32.2. The van der Waals surface area contributed by atoms with Gasteiger partial charge in [0.25, 0.3) is 0 Å². The van der Waals surface area contributed by atoms with Crippen molar-refractivity contribution < 1.29 is 21.6 Å². The molecule has 1 rings (SSSR count). The number of rotatable bonds is 5. The highest BCUT2D eigenvalue weighted by Gasteiger charge is 2.34. The average Bonchev–Trinajstić information content (AvgIpc) is 2.77. The van der Waals surface area contributed by atoms with E-state index in [0.717, 1.165) is 21.0 Å². The second-order valence-corrected chi connectivity index (χ2v) is 6.70. The summed E-state index contributed by atoms with van der Waals surface area (Å²) in [6.45, 7) is 0.986. The summed E-state index contributed by atoms with van der Waals surface area (Å²) >= 11 is 0.751. The monoisotopic (exact) mass is 312 g/mol. The fraction of sp³-hybridized carbons (Fsp3) is 0.500. The van der Waals surface area contributed by atoms with Gasteiger partial charge in [0.2, 0.25) is 10.0 Å². The third-order valence-electron chi connectivity index (χ3n) is 2.18. The second-order valence-electron chi connectivity index (χ2n) is 3.50. The van der Waals surface area contributed by atoms with Gasteiger partial charge in [-0.1, -0.05) is 5.92 Å². The largest absolute Gasteiger partial charge is 0.434 e. The summed E-state index contributed by atoms with van der Waals surface area (Å²) in [5, 5.41) is 0.904. The number of sulfonamides is 1. The van der Waals surface area contributed by atoms with E-state index in [0.29, 0.717) is 0 Å². The molecule has 1 aromatic heterocycles. The van der Waals surface area contributed by atoms with E-state index in [-0.39, 0.29) is 23.8 Å². The number of hydrogen-bond acceptors (Lipinski definition) is 4. The Bertz CT molecular complexity index is 572. The maximum absolute atomic E-state index is 12.4. The molecule has 0 aliphatic heterocycles. The molecule has 9 heteroatoms. The van der Waals surface area contributed by atoms with Gasteiger partial charge >= 0.3 is 6.18 Å². The van der Waals surface area contributed by atoms with Gasteiger partial charge < -0.3 is 0 Å². The molecule has 0 fully saturated rings. The number of thiazole rings is 1. The van der Waals surface area contributed by atoms with E-state index in [4.69, 9.17) is 6.42 Å². The van der Waals surface area contributed by atoms with Crippen molar-refractivity contribution in [3.8, 4) is 12.3 Å². The number of alkyl halides is 3. The average molecular weight is 312 g/mol. The highest BCUT2D eigenvalue weighted by molar-refractivity contribution is 7.89. The lowest BCUT2D eigenvalue weighted by Crippen LogP contribution is -2.32. The SMILES string of the molecule is C#CCN(Cc1nc(C(F)(F)F)cs1)S(=O)(=O)CC. The highest BCUT2D eigenvalue weighted by Crippen LogP contribution is 2.30. The van der Waals surface area contributed by atoms with Gasteiger partial charge in [0, 0.05) is 5.38 Å². The zero-order chi connectivity index (χ0) is 14.7. The van der Waals surface area contributed by atoms with Crippen molar-refractivity contribution in [3.63, 3.8) is 0 Å². The van der Waals surface area contributed by atoms with E-state index >= 15 is 0 Å². The van der Waals surface area contributed by atoms with Crippen molar-refractivity contribution >= 4 is 21.4 Å². The first-order valence-electron chi connectivity index (χ1n) is 5.13. The van der Waals surface area contributed by atoms with Crippen molar-refractivity contribution in [1.29, 1.82) is 0 Å². The van der Waals surface area contributed by atoms with Crippen molar-refractivity contribution in [2.45, 2.75) is 19.6 Å². The fourth-order valence-corrected chi connectivity index (χ4v) is 3.05. The van der Waals surface area contributed by atoms with Crippen LogP contribution in [0.2, 0.25) is 0 Å². The maximum Gasteiger partial charge on any atom is 0.434 e. The van der Waals surface area contributed by atoms with E-state index in [9.17, 15) is 21.6 Å². The van der Waals surface area contributed by atoms with E-state index in [2.05, 4.69) is 10.9 Å². The Balaban J connectivity index is 2.93. The molecule has 0 atom stereocenters. The Morgan fingerprint density at radius 1 is 1.53 bits per heavy atom. The number of terminal acetylenes is 1. The molecule has 0 saturated carbocycles. The Labute approximate surface area is 113 Å². The lowest BCUT2D eigenvalue weighted by atomic mass is 10.5. The summed E-state index contributed by atoms with van der Waals surface area (Å²) in [6.07, 6.45) is 0.523. The Kier molecular flexibility index (Phi) is 4.95. The van der Waals surface area contributed by atoms with Crippen LogP contribution in [0.15, 0.2) is 5.38 Å². The normalized spacial score (nSPS) is 12.6. The molecule has 0 bridgehead atoms. The maximum atomic E-state index is 12.4. The molecule has 0 spiro atoms. The van der Waals surface area contributed by atoms with Crippen LogP contribution in [0.25, 0.3) is 0 Å². The van der Waals surface area contributed by atoms with Crippen LogP contribution in [0, 0.1) is 12.3 Å². The first-order chi connectivity index (χ1) is 8.70. The molecule has 0 radical (unpaired) electrons. The zero-order valence-electron chi connectivity index (χ0n) is 9.94. The molecule has 0 amide bonds. The molecular formula is C10H11F3N2O2S2. The van der Waals surface area contributed by atoms with Gasteiger partial charge in [-0.05, 0) is 6.92 Å². The molecule has 0 N–H and O–H groups in total. The smallest absolute Gasteiger partial charge is 0.235 e. The van der Waals surface area contributed by atoms with Gasteiger partial charge in [0.15, 0.2) is 5.69 Å². The van der Waals surface area contributed by atoms with E-state index in [1.807, 2.05) is 0 Å². The molecule has 0 aromatic carbocycles. The van der Waals surface area contributed by atoms with Crippen molar-refractivity contribution in [1.82, 2.24) is 9.29 Å². The molecular weight excluding hydrogens is 301 g/mol. The van der Waals surface area contributed by atoms with Crippen LogP contribution < -0.4 is 0 Å². The minimum Gasteiger partial charge on any atom is -0.235 e. The lowest BCUT2D eigenvalue weighted by molar-refractivity contribution is -0.140. The minimum atomic E-state index is -4.53. The molecule has 1 aromatic rings. The zero-order valence-corrected chi connectivity index (χ0v) is 11.6. The topological polar surface area (TPSA) is 50.3 Å². The van der Waals surface area contributed by atoms with E-state index in [1.54, 1.807) is 0 Å². The van der Waals surface area contributed by atoms with Crippen LogP contribution in [0.4, 0.5) is 13.2 Å². The fourth-order valence-electron chi connectivity index (χ4n) is 1.20. The molecule has 0 saturated heterocycles. The predicted octanol–water partition coefficient (Wildman–Crippen LogP) is 1.95. The minimum absolute atomic E-state index is 0.0552. The number of halogens is 3. The molecule has 0 aliphatic rings. The van der Waals surface area contributed by atoms with Gasteiger partial charge in [-0.3, -0.25) is 0 Å². The third-order valence-corrected chi connectivity index (χ3v) is 4.79. The van der Waals surface area contributed by atoms with Gasteiger partial charge in [0.05, 0.1) is 18.8 Å². The van der Waals surface area contributed by atoms with Crippen LogP contribution >= 0.6 is 11.3 Å². The van der Waals surface area contributed by atoms with Crippen molar-refractivity contribution in [3.05, 3.63) is 16.1 Å². The van der Waals surface area contributed by atoms with E-state index < -0.39 is 21.9 Å². The summed E-state index contributed by atoms with van der Waals surface area (Å²) in [5.74, 6) is 1.99. The quantitative estimate of drug-likeness (QED) is 0.781. The Morgan fingerprint density at radius 3 is 2.58 bits per heavy atom. The number of aromatic nitrogens is 1. The Morgan fingerprint density at radius 2 is 2.16 bits per heavy atom. The van der Waals surface area contributed by atoms with Crippen LogP contribution in [0.3, 0.4) is 0 Å². The van der Waals surface area contributed by atoms with Crippen LogP contribution in [-0.2, 0) is 22.7 Å². The van der Waals surface area contributed by atoms with Crippen LogP contribution in [0.1, 0.15) is 17.6 Å². The van der Waals surface area contributed by atoms with Gasteiger partial charge in [-0.15, -0.1) is 17.8 Å². The van der Waals surface area contributed by atoms with Gasteiger partial charge in [0.1, 0.15) is 5.01 Å². The van der Waals surface area contributed by atoms with Gasteiger partial charge in [-0.2, -0.15) is 17.5 Å². The molecule has 0 aliphatic carbocycles. The summed E-state index contributed by atoms with van der Waals surface area (Å²) in [7, 11) is -3.57. The van der Waals surface area contributed by atoms with Crippen LogP contribution in [-0.4, -0.2) is 30.0 Å².